The van der Waals surface area contributed by atoms with Crippen molar-refractivity contribution in [2.75, 3.05) is 0 Å². The molecular weight excluding hydrogens is 472 g/mol. The van der Waals surface area contributed by atoms with E-state index in [-0.39, 0.29) is 18.8 Å². The number of H-pyrrole nitrogens is 1. The Bertz CT molecular complexity index is 1610. The summed E-state index contributed by atoms with van der Waals surface area (Å²) in [6.45, 7) is 0.567. The van der Waals surface area contributed by atoms with Crippen molar-refractivity contribution in [1.29, 1.82) is 0 Å². The predicted molar refractivity (Wildman–Crippen MR) is 128 cm³/mol. The van der Waals surface area contributed by atoms with Gasteiger partial charge < -0.3 is 9.72 Å². The van der Waals surface area contributed by atoms with Crippen molar-refractivity contribution >= 4 is 11.0 Å². The molecule has 0 saturated carbocycles. The number of ether oxygens (including phenoxy) is 1. The van der Waals surface area contributed by atoms with Crippen LogP contribution in [0.2, 0.25) is 0 Å². The Morgan fingerprint density at radius 3 is 1.92 bits per heavy atom. The molecule has 0 atom stereocenters. The van der Waals surface area contributed by atoms with Gasteiger partial charge in [-0.1, -0.05) is 42.5 Å². The number of aromatic amines is 1. The van der Waals surface area contributed by atoms with Crippen LogP contribution in [0.15, 0.2) is 83.7 Å². The molecule has 5 rings (SSSR count). The molecular formula is C28H20F4N2O2. The van der Waals surface area contributed by atoms with E-state index in [1.807, 2.05) is 36.4 Å². The molecule has 0 aliphatic carbocycles. The highest BCUT2D eigenvalue weighted by Crippen LogP contribution is 2.24. The van der Waals surface area contributed by atoms with Crippen molar-refractivity contribution in [1.82, 2.24) is 9.55 Å². The van der Waals surface area contributed by atoms with Gasteiger partial charge >= 0.3 is 5.69 Å². The Morgan fingerprint density at radius 2 is 1.22 bits per heavy atom. The summed E-state index contributed by atoms with van der Waals surface area (Å²) in [5.74, 6) is -3.69. The van der Waals surface area contributed by atoms with E-state index in [9.17, 15) is 22.4 Å². The van der Waals surface area contributed by atoms with Gasteiger partial charge in [-0.2, -0.15) is 0 Å². The topological polar surface area (TPSA) is 47.0 Å². The average Bonchev–Trinajstić information content (AvgIpc) is 3.18. The van der Waals surface area contributed by atoms with Gasteiger partial charge in [-0.15, -0.1) is 0 Å². The van der Waals surface area contributed by atoms with Crippen molar-refractivity contribution < 1.29 is 22.3 Å². The van der Waals surface area contributed by atoms with Crippen molar-refractivity contribution in [2.45, 2.75) is 19.8 Å². The molecule has 4 aromatic carbocycles. The van der Waals surface area contributed by atoms with Crippen LogP contribution in [0.1, 0.15) is 16.7 Å². The summed E-state index contributed by atoms with van der Waals surface area (Å²) in [5.41, 5.74) is 4.67. The highest BCUT2D eigenvalue weighted by molar-refractivity contribution is 5.82. The van der Waals surface area contributed by atoms with Crippen LogP contribution in [0.3, 0.4) is 0 Å². The molecule has 5 aromatic rings. The lowest BCUT2D eigenvalue weighted by molar-refractivity contribution is 0.107. The van der Waals surface area contributed by atoms with E-state index < -0.39 is 23.3 Å². The normalized spacial score (nSPS) is 11.3. The van der Waals surface area contributed by atoms with Crippen LogP contribution in [0.25, 0.3) is 22.2 Å². The molecule has 1 N–H and O–H groups in total. The summed E-state index contributed by atoms with van der Waals surface area (Å²) in [6, 6.07) is 20.4. The number of fused-ring (bicyclic) bond motifs is 1. The number of rotatable bonds is 7. The zero-order valence-electron chi connectivity index (χ0n) is 18.9. The summed E-state index contributed by atoms with van der Waals surface area (Å²) in [5, 5.41) is 0. The SMILES string of the molecule is O=c1[nH]c2cc(-c3ccc(COCc4ccc(F)c(F)c4)cc3)ccc2n1Cc1ccc(F)c(F)c1. The van der Waals surface area contributed by atoms with Gasteiger partial charge in [-0.05, 0) is 64.2 Å². The van der Waals surface area contributed by atoms with Gasteiger partial charge in [0.25, 0.3) is 0 Å². The fourth-order valence-corrected chi connectivity index (χ4v) is 4.03. The Hall–Kier alpha value is -4.17. The number of nitrogens with one attached hydrogen (secondary N) is 1. The fourth-order valence-electron chi connectivity index (χ4n) is 4.03. The maximum absolute atomic E-state index is 13.6. The maximum atomic E-state index is 13.6. The first kappa shape index (κ1) is 23.6. The molecule has 0 unspecified atom stereocenters. The Morgan fingerprint density at radius 1 is 0.639 bits per heavy atom. The second-order valence-corrected chi connectivity index (χ2v) is 8.43. The van der Waals surface area contributed by atoms with Crippen molar-refractivity contribution in [2.24, 2.45) is 0 Å². The molecule has 0 bridgehead atoms. The van der Waals surface area contributed by atoms with E-state index in [1.54, 1.807) is 6.07 Å². The van der Waals surface area contributed by atoms with E-state index in [2.05, 4.69) is 4.98 Å². The first-order valence-electron chi connectivity index (χ1n) is 11.1. The van der Waals surface area contributed by atoms with Crippen LogP contribution < -0.4 is 5.69 Å². The minimum atomic E-state index is -0.958. The van der Waals surface area contributed by atoms with Gasteiger partial charge in [0, 0.05) is 0 Å². The third-order valence-corrected chi connectivity index (χ3v) is 5.91. The summed E-state index contributed by atoms with van der Waals surface area (Å²) in [4.78, 5) is 15.3. The molecule has 0 aliphatic heterocycles. The van der Waals surface area contributed by atoms with Crippen LogP contribution in [-0.2, 0) is 24.5 Å². The van der Waals surface area contributed by atoms with Gasteiger partial charge in [0.1, 0.15) is 0 Å². The highest BCUT2D eigenvalue weighted by atomic mass is 19.2. The molecule has 0 spiro atoms. The molecule has 182 valence electrons. The number of hydrogen-bond donors (Lipinski definition) is 1. The molecule has 1 heterocycles. The largest absolute Gasteiger partial charge is 0.372 e. The third kappa shape index (κ3) is 4.94. The molecule has 0 saturated heterocycles. The molecule has 0 amide bonds. The fraction of sp³-hybridized carbons (Fsp3) is 0.107. The number of imidazole rings is 1. The number of hydrogen-bond acceptors (Lipinski definition) is 2. The lowest BCUT2D eigenvalue weighted by atomic mass is 10.0. The Labute approximate surface area is 203 Å². The van der Waals surface area contributed by atoms with Gasteiger partial charge in [-0.3, -0.25) is 4.57 Å². The van der Waals surface area contributed by atoms with Crippen LogP contribution in [0.4, 0.5) is 17.6 Å². The zero-order valence-corrected chi connectivity index (χ0v) is 18.9. The standard InChI is InChI=1S/C28H20F4N2O2/c29-22-8-3-18(11-24(22)31)14-34-27-10-7-21(13-26(27)33-28(34)35)20-5-1-17(2-6-20)15-36-16-19-4-9-23(30)25(32)12-19/h1-13H,14-16H2,(H,33,35). The molecule has 0 radical (unpaired) electrons. The molecule has 0 fully saturated rings. The predicted octanol–water partition coefficient (Wildman–Crippen LogP) is 6.32. The Balaban J connectivity index is 1.28. The number of benzene rings is 4. The number of aromatic nitrogens is 2. The van der Waals surface area contributed by atoms with Crippen LogP contribution in [0.5, 0.6) is 0 Å². The van der Waals surface area contributed by atoms with Gasteiger partial charge in [-0.25, -0.2) is 22.4 Å². The monoisotopic (exact) mass is 492 g/mol. The molecule has 8 heteroatoms. The average molecular weight is 492 g/mol. The molecule has 1 aromatic heterocycles. The first-order chi connectivity index (χ1) is 17.4. The van der Waals surface area contributed by atoms with E-state index in [0.717, 1.165) is 41.0 Å². The van der Waals surface area contributed by atoms with E-state index in [4.69, 9.17) is 4.74 Å². The van der Waals surface area contributed by atoms with Crippen LogP contribution >= 0.6 is 0 Å². The smallest absolute Gasteiger partial charge is 0.326 e. The minimum Gasteiger partial charge on any atom is -0.372 e. The quantitative estimate of drug-likeness (QED) is 0.271. The van der Waals surface area contributed by atoms with Crippen LogP contribution in [-0.4, -0.2) is 9.55 Å². The molecule has 36 heavy (non-hydrogen) atoms. The minimum absolute atomic E-state index is 0.106. The number of nitrogens with zero attached hydrogens (tertiary/aromatic N) is 1. The van der Waals surface area contributed by atoms with Crippen molar-refractivity contribution in [3.05, 3.63) is 129 Å². The second kappa shape index (κ2) is 9.83. The van der Waals surface area contributed by atoms with Gasteiger partial charge in [0.2, 0.25) is 0 Å². The van der Waals surface area contributed by atoms with E-state index >= 15 is 0 Å². The summed E-state index contributed by atoms with van der Waals surface area (Å²) < 4.78 is 60.2. The zero-order chi connectivity index (χ0) is 25.2. The summed E-state index contributed by atoms with van der Waals surface area (Å²) in [7, 11) is 0. The maximum Gasteiger partial charge on any atom is 0.326 e. The summed E-state index contributed by atoms with van der Waals surface area (Å²) in [6.07, 6.45) is 0. The summed E-state index contributed by atoms with van der Waals surface area (Å²) >= 11 is 0. The number of halogens is 4. The molecule has 0 aliphatic rings. The van der Waals surface area contributed by atoms with Gasteiger partial charge in [0.05, 0.1) is 30.8 Å². The van der Waals surface area contributed by atoms with Crippen molar-refractivity contribution in [3.8, 4) is 11.1 Å². The highest BCUT2D eigenvalue weighted by Gasteiger charge is 2.11. The lowest BCUT2D eigenvalue weighted by Crippen LogP contribution is -2.17. The van der Waals surface area contributed by atoms with Crippen LogP contribution in [0, 0.1) is 23.3 Å². The Kier molecular flexibility index (Phi) is 6.43. The first-order valence-corrected chi connectivity index (χ1v) is 11.1. The third-order valence-electron chi connectivity index (χ3n) is 5.91. The van der Waals surface area contributed by atoms with Crippen molar-refractivity contribution in [3.63, 3.8) is 0 Å². The van der Waals surface area contributed by atoms with Gasteiger partial charge in [0.15, 0.2) is 23.3 Å². The van der Waals surface area contributed by atoms with E-state index in [1.165, 1.54) is 16.7 Å². The van der Waals surface area contributed by atoms with E-state index in [0.29, 0.717) is 28.8 Å². The second-order valence-electron chi connectivity index (χ2n) is 8.43. The molecule has 4 nitrogen and oxygen atoms in total. The lowest BCUT2D eigenvalue weighted by Gasteiger charge is -2.08.